The van der Waals surface area contributed by atoms with E-state index in [0.717, 1.165) is 27.7 Å². The molecule has 0 atom stereocenters. The number of hydrogen-bond acceptors (Lipinski definition) is 3. The van der Waals surface area contributed by atoms with Gasteiger partial charge in [0, 0.05) is 29.9 Å². The SMILES string of the molecule is Cc1ccc2oc(C(=O)NCc3cccnc3)c(C)c2c1. The average Bonchev–Trinajstić information content (AvgIpc) is 2.83. The molecule has 0 bridgehead atoms. The molecule has 21 heavy (non-hydrogen) atoms. The maximum atomic E-state index is 12.3. The minimum Gasteiger partial charge on any atom is -0.451 e. The maximum absolute atomic E-state index is 12.3. The van der Waals surface area contributed by atoms with Crippen molar-refractivity contribution in [1.82, 2.24) is 10.3 Å². The van der Waals surface area contributed by atoms with Gasteiger partial charge in [0.05, 0.1) is 0 Å². The zero-order valence-electron chi connectivity index (χ0n) is 12.0. The summed E-state index contributed by atoms with van der Waals surface area (Å²) in [5.74, 6) is 0.171. The minimum absolute atomic E-state index is 0.204. The molecule has 3 aromatic rings. The molecule has 2 aromatic heterocycles. The lowest BCUT2D eigenvalue weighted by Gasteiger charge is -2.03. The fourth-order valence-corrected chi connectivity index (χ4v) is 2.32. The Kier molecular flexibility index (Phi) is 3.44. The molecule has 0 aliphatic rings. The van der Waals surface area contributed by atoms with E-state index in [2.05, 4.69) is 10.3 Å². The molecule has 0 saturated carbocycles. The van der Waals surface area contributed by atoms with Crippen molar-refractivity contribution in [3.05, 3.63) is 65.2 Å². The fraction of sp³-hybridized carbons (Fsp3) is 0.176. The summed E-state index contributed by atoms with van der Waals surface area (Å²) in [4.78, 5) is 16.3. The van der Waals surface area contributed by atoms with Crippen molar-refractivity contribution in [3.63, 3.8) is 0 Å². The highest BCUT2D eigenvalue weighted by atomic mass is 16.3. The van der Waals surface area contributed by atoms with Crippen LogP contribution in [0, 0.1) is 13.8 Å². The molecule has 4 heteroatoms. The molecule has 0 unspecified atom stereocenters. The van der Waals surface area contributed by atoms with Crippen molar-refractivity contribution in [2.75, 3.05) is 0 Å². The van der Waals surface area contributed by atoms with E-state index in [1.165, 1.54) is 0 Å². The van der Waals surface area contributed by atoms with Gasteiger partial charge in [0.25, 0.3) is 5.91 Å². The lowest BCUT2D eigenvalue weighted by Crippen LogP contribution is -2.23. The summed E-state index contributed by atoms with van der Waals surface area (Å²) in [6, 6.07) is 9.67. The molecule has 3 rings (SSSR count). The maximum Gasteiger partial charge on any atom is 0.287 e. The summed E-state index contributed by atoms with van der Waals surface area (Å²) in [5, 5.41) is 3.85. The van der Waals surface area contributed by atoms with E-state index in [1.807, 2.05) is 44.2 Å². The Morgan fingerprint density at radius 1 is 1.29 bits per heavy atom. The lowest BCUT2D eigenvalue weighted by molar-refractivity contribution is 0.0924. The first kappa shape index (κ1) is 13.4. The molecular weight excluding hydrogens is 264 g/mol. The van der Waals surface area contributed by atoms with Gasteiger partial charge in [-0.15, -0.1) is 0 Å². The zero-order valence-corrected chi connectivity index (χ0v) is 12.0. The third-order valence-electron chi connectivity index (χ3n) is 3.47. The molecule has 0 aliphatic heterocycles. The molecule has 1 N–H and O–H groups in total. The van der Waals surface area contributed by atoms with Gasteiger partial charge < -0.3 is 9.73 Å². The molecule has 1 amide bonds. The van der Waals surface area contributed by atoms with Gasteiger partial charge in [-0.2, -0.15) is 0 Å². The van der Waals surface area contributed by atoms with Gasteiger partial charge in [-0.1, -0.05) is 17.7 Å². The quantitative estimate of drug-likeness (QED) is 0.800. The van der Waals surface area contributed by atoms with E-state index in [4.69, 9.17) is 4.42 Å². The number of benzene rings is 1. The van der Waals surface area contributed by atoms with Gasteiger partial charge >= 0.3 is 0 Å². The number of carbonyl (C=O) groups is 1. The van der Waals surface area contributed by atoms with Crippen molar-refractivity contribution in [3.8, 4) is 0 Å². The van der Waals surface area contributed by atoms with E-state index in [0.29, 0.717) is 12.3 Å². The summed E-state index contributed by atoms with van der Waals surface area (Å²) >= 11 is 0. The zero-order chi connectivity index (χ0) is 14.8. The number of fused-ring (bicyclic) bond motifs is 1. The largest absolute Gasteiger partial charge is 0.451 e. The molecule has 4 nitrogen and oxygen atoms in total. The normalized spacial score (nSPS) is 10.8. The second kappa shape index (κ2) is 5.40. The topological polar surface area (TPSA) is 55.1 Å². The van der Waals surface area contributed by atoms with Gasteiger partial charge in [-0.05, 0) is 37.6 Å². The Hall–Kier alpha value is -2.62. The van der Waals surface area contributed by atoms with Crippen LogP contribution in [-0.2, 0) is 6.54 Å². The van der Waals surface area contributed by atoms with Gasteiger partial charge in [0.15, 0.2) is 5.76 Å². The van der Waals surface area contributed by atoms with Crippen LogP contribution in [0.1, 0.15) is 27.2 Å². The highest BCUT2D eigenvalue weighted by Crippen LogP contribution is 2.26. The van der Waals surface area contributed by atoms with Crippen LogP contribution in [0.2, 0.25) is 0 Å². The summed E-state index contributed by atoms with van der Waals surface area (Å²) in [6.45, 7) is 4.36. The second-order valence-corrected chi connectivity index (χ2v) is 5.10. The highest BCUT2D eigenvalue weighted by Gasteiger charge is 2.17. The number of carbonyl (C=O) groups excluding carboxylic acids is 1. The van der Waals surface area contributed by atoms with Crippen LogP contribution in [0.15, 0.2) is 47.1 Å². The average molecular weight is 280 g/mol. The Labute approximate surface area is 122 Å². The molecule has 0 fully saturated rings. The smallest absolute Gasteiger partial charge is 0.287 e. The first-order valence-electron chi connectivity index (χ1n) is 6.82. The van der Waals surface area contributed by atoms with E-state index < -0.39 is 0 Å². The van der Waals surface area contributed by atoms with Crippen LogP contribution in [0.25, 0.3) is 11.0 Å². The second-order valence-electron chi connectivity index (χ2n) is 5.10. The fourth-order valence-electron chi connectivity index (χ4n) is 2.32. The molecular formula is C17H16N2O2. The minimum atomic E-state index is -0.204. The van der Waals surface area contributed by atoms with E-state index in [-0.39, 0.29) is 5.91 Å². The summed E-state index contributed by atoms with van der Waals surface area (Å²) in [5.41, 5.74) is 3.71. The number of aromatic nitrogens is 1. The Morgan fingerprint density at radius 2 is 2.14 bits per heavy atom. The number of amides is 1. The van der Waals surface area contributed by atoms with Gasteiger partial charge in [0.2, 0.25) is 0 Å². The van der Waals surface area contributed by atoms with E-state index in [9.17, 15) is 4.79 Å². The third kappa shape index (κ3) is 2.65. The number of hydrogen-bond donors (Lipinski definition) is 1. The number of nitrogens with one attached hydrogen (secondary N) is 1. The van der Waals surface area contributed by atoms with Crippen LogP contribution < -0.4 is 5.32 Å². The monoisotopic (exact) mass is 280 g/mol. The standard InChI is InChI=1S/C17H16N2O2/c1-11-5-6-15-14(8-11)12(2)16(21-15)17(20)19-10-13-4-3-7-18-9-13/h3-9H,10H2,1-2H3,(H,19,20). The molecule has 0 spiro atoms. The molecule has 0 radical (unpaired) electrons. The van der Waals surface area contributed by atoms with Crippen LogP contribution in [0.4, 0.5) is 0 Å². The Morgan fingerprint density at radius 3 is 2.90 bits per heavy atom. The number of furan rings is 1. The van der Waals surface area contributed by atoms with E-state index in [1.54, 1.807) is 12.4 Å². The van der Waals surface area contributed by atoms with Crippen molar-refractivity contribution in [1.29, 1.82) is 0 Å². The van der Waals surface area contributed by atoms with Crippen molar-refractivity contribution >= 4 is 16.9 Å². The summed E-state index contributed by atoms with van der Waals surface area (Å²) in [6.07, 6.45) is 3.44. The van der Waals surface area contributed by atoms with Crippen LogP contribution in [0.5, 0.6) is 0 Å². The first-order chi connectivity index (χ1) is 10.1. The number of aryl methyl sites for hydroxylation is 2. The van der Waals surface area contributed by atoms with Crippen molar-refractivity contribution in [2.45, 2.75) is 20.4 Å². The molecule has 1 aromatic carbocycles. The van der Waals surface area contributed by atoms with Gasteiger partial charge in [0.1, 0.15) is 5.58 Å². The summed E-state index contributed by atoms with van der Waals surface area (Å²) in [7, 11) is 0. The van der Waals surface area contributed by atoms with Gasteiger partial charge in [-0.3, -0.25) is 9.78 Å². The highest BCUT2D eigenvalue weighted by molar-refractivity contribution is 5.99. The predicted octanol–water partition coefficient (Wildman–Crippen LogP) is 3.37. The van der Waals surface area contributed by atoms with E-state index >= 15 is 0 Å². The van der Waals surface area contributed by atoms with Crippen LogP contribution in [0.3, 0.4) is 0 Å². The molecule has 0 saturated heterocycles. The Balaban J connectivity index is 1.83. The first-order valence-corrected chi connectivity index (χ1v) is 6.82. The summed E-state index contributed by atoms with van der Waals surface area (Å²) < 4.78 is 5.68. The number of nitrogens with zero attached hydrogens (tertiary/aromatic N) is 1. The number of rotatable bonds is 3. The van der Waals surface area contributed by atoms with Crippen molar-refractivity contribution < 1.29 is 9.21 Å². The molecule has 106 valence electrons. The van der Waals surface area contributed by atoms with Crippen LogP contribution in [-0.4, -0.2) is 10.9 Å². The molecule has 2 heterocycles. The predicted molar refractivity (Wildman–Crippen MR) is 81.1 cm³/mol. The lowest BCUT2D eigenvalue weighted by atomic mass is 10.1. The van der Waals surface area contributed by atoms with Crippen molar-refractivity contribution in [2.24, 2.45) is 0 Å². The van der Waals surface area contributed by atoms with Gasteiger partial charge in [-0.25, -0.2) is 0 Å². The van der Waals surface area contributed by atoms with Crippen LogP contribution >= 0.6 is 0 Å². The Bertz CT molecular complexity index is 791. The number of pyridine rings is 1. The molecule has 0 aliphatic carbocycles. The third-order valence-corrected chi connectivity index (χ3v) is 3.47.